The van der Waals surface area contributed by atoms with Gasteiger partial charge < -0.3 is 40.2 Å². The Morgan fingerprint density at radius 2 is 1.50 bits per heavy atom. The van der Waals surface area contributed by atoms with E-state index in [1.807, 2.05) is 0 Å². The van der Waals surface area contributed by atoms with E-state index < -0.39 is 44.8 Å². The lowest BCUT2D eigenvalue weighted by Crippen LogP contribution is -2.51. The highest BCUT2D eigenvalue weighted by Gasteiger charge is 2.32. The van der Waals surface area contributed by atoms with Crippen LogP contribution in [0.1, 0.15) is 41.5 Å². The van der Waals surface area contributed by atoms with Gasteiger partial charge in [-0.15, -0.1) is 0 Å². The number of hydrogen-bond donors (Lipinski definition) is 3. The molecule has 4 N–H and O–H groups in total. The zero-order chi connectivity index (χ0) is 35.6. The van der Waals surface area contributed by atoms with Gasteiger partial charge in [0.05, 0.1) is 35.5 Å². The topological polar surface area (TPSA) is 228 Å². The van der Waals surface area contributed by atoms with Gasteiger partial charge in [0.1, 0.15) is 18.0 Å². The first-order valence-corrected chi connectivity index (χ1v) is 14.4. The third-order valence-electron chi connectivity index (χ3n) is 6.58. The molecular formula is C31H36N6O11. The maximum atomic E-state index is 12.1. The highest BCUT2D eigenvalue weighted by atomic mass is 16.6. The molecule has 48 heavy (non-hydrogen) atoms. The molecule has 0 saturated carbocycles. The molecular weight excluding hydrogens is 632 g/mol. The van der Waals surface area contributed by atoms with Crippen LogP contribution in [0.15, 0.2) is 36.4 Å². The summed E-state index contributed by atoms with van der Waals surface area (Å²) in [6.45, 7) is 6.04. The Bertz CT molecular complexity index is 1670. The number of nitro benzene ring substituents is 2. The number of carbonyl (C=O) groups excluding carboxylic acids is 3. The minimum absolute atomic E-state index is 0.0279. The van der Waals surface area contributed by atoms with E-state index >= 15 is 0 Å². The van der Waals surface area contributed by atoms with E-state index in [-0.39, 0.29) is 59.6 Å². The van der Waals surface area contributed by atoms with Gasteiger partial charge in [-0.3, -0.25) is 25.0 Å². The molecule has 0 unspecified atom stereocenters. The summed E-state index contributed by atoms with van der Waals surface area (Å²) in [5, 5.41) is 29.3. The van der Waals surface area contributed by atoms with Gasteiger partial charge in [-0.25, -0.2) is 9.59 Å². The van der Waals surface area contributed by atoms with Gasteiger partial charge >= 0.3 is 12.1 Å². The molecule has 2 amide bonds. The lowest BCUT2D eigenvalue weighted by atomic mass is 10.0. The number of anilines is 2. The Hall–Kier alpha value is -6.05. The minimum atomic E-state index is -0.896. The van der Waals surface area contributed by atoms with Crippen LogP contribution in [-0.2, 0) is 9.47 Å². The van der Waals surface area contributed by atoms with E-state index in [4.69, 9.17) is 19.9 Å². The van der Waals surface area contributed by atoms with Crippen molar-refractivity contribution in [1.82, 2.24) is 4.90 Å². The summed E-state index contributed by atoms with van der Waals surface area (Å²) in [5.41, 5.74) is 3.70. The van der Waals surface area contributed by atoms with Crippen molar-refractivity contribution in [3.05, 3.63) is 67.8 Å². The molecule has 0 atom stereocenters. The highest BCUT2D eigenvalue weighted by molar-refractivity contribution is 5.96. The van der Waals surface area contributed by atoms with Crippen LogP contribution in [0.4, 0.5) is 27.5 Å². The molecule has 1 saturated heterocycles. The van der Waals surface area contributed by atoms with E-state index in [2.05, 4.69) is 27.2 Å². The number of likely N-dealkylation sites (tertiary alicyclic amines) is 1. The van der Waals surface area contributed by atoms with Crippen LogP contribution < -0.4 is 25.8 Å². The number of rotatable bonds is 13. The van der Waals surface area contributed by atoms with Crippen molar-refractivity contribution in [1.29, 1.82) is 0 Å². The monoisotopic (exact) mass is 668 g/mol. The summed E-state index contributed by atoms with van der Waals surface area (Å²) in [4.78, 5) is 59.6. The standard InChI is InChI=1S/C31H36N6O11/c1-31(2,3)48-30(40)35-17-19(18-35)9-8-12-47-25-15-20(28(32)38)13-22(36(41)42)27(25)34-11-7-6-10-33-26-23(37(43)44)14-21(29(39)46-5)16-24(26)45-4/h6-7,13-16,19,33-34H,10-12,17-18H2,1-5H3,(H2,32,38)/b7-6+. The molecule has 0 aliphatic carbocycles. The van der Waals surface area contributed by atoms with E-state index in [0.717, 1.165) is 19.2 Å². The number of ether oxygens (including phenoxy) is 4. The maximum Gasteiger partial charge on any atom is 0.410 e. The summed E-state index contributed by atoms with van der Waals surface area (Å²) in [6.07, 6.45) is 2.76. The number of nitrogens with one attached hydrogen (secondary N) is 2. The maximum absolute atomic E-state index is 12.1. The van der Waals surface area contributed by atoms with Gasteiger partial charge in [-0.05, 0) is 32.9 Å². The zero-order valence-electron chi connectivity index (χ0n) is 27.0. The minimum Gasteiger partial charge on any atom is -0.494 e. The average Bonchev–Trinajstić information content (AvgIpc) is 2.99. The van der Waals surface area contributed by atoms with Crippen LogP contribution in [-0.4, -0.2) is 85.3 Å². The number of nitro groups is 2. The predicted octanol–water partition coefficient (Wildman–Crippen LogP) is 3.73. The van der Waals surface area contributed by atoms with Gasteiger partial charge in [0, 0.05) is 43.9 Å². The summed E-state index contributed by atoms with van der Waals surface area (Å²) in [6, 6.07) is 4.66. The first-order valence-electron chi connectivity index (χ1n) is 14.4. The molecule has 256 valence electrons. The molecule has 0 spiro atoms. The quantitative estimate of drug-likeness (QED) is 0.0910. The lowest BCUT2D eigenvalue weighted by molar-refractivity contribution is -0.384. The Labute approximate surface area is 275 Å². The third-order valence-corrected chi connectivity index (χ3v) is 6.58. The smallest absolute Gasteiger partial charge is 0.410 e. The van der Waals surface area contributed by atoms with E-state index in [0.29, 0.717) is 13.1 Å². The summed E-state index contributed by atoms with van der Waals surface area (Å²) >= 11 is 0. The van der Waals surface area contributed by atoms with Gasteiger partial charge in [0.2, 0.25) is 5.91 Å². The van der Waals surface area contributed by atoms with Gasteiger partial charge in [0.15, 0.2) is 17.1 Å². The van der Waals surface area contributed by atoms with Gasteiger partial charge in [0.25, 0.3) is 11.4 Å². The number of amides is 2. The molecule has 1 fully saturated rings. The van der Waals surface area contributed by atoms with Crippen LogP contribution in [0.2, 0.25) is 0 Å². The average molecular weight is 669 g/mol. The number of methoxy groups -OCH3 is 2. The van der Waals surface area contributed by atoms with Gasteiger partial charge in [-0.2, -0.15) is 0 Å². The molecule has 1 aliphatic rings. The Morgan fingerprint density at radius 3 is 2.00 bits per heavy atom. The van der Waals surface area contributed by atoms with E-state index in [9.17, 15) is 34.6 Å². The van der Waals surface area contributed by atoms with Crippen molar-refractivity contribution in [2.24, 2.45) is 11.7 Å². The van der Waals surface area contributed by atoms with Crippen molar-refractivity contribution < 1.29 is 43.2 Å². The van der Waals surface area contributed by atoms with Crippen LogP contribution in [0, 0.1) is 38.0 Å². The number of carbonyl (C=O) groups is 3. The number of benzene rings is 2. The first-order chi connectivity index (χ1) is 22.6. The molecule has 2 aromatic rings. The molecule has 0 aromatic heterocycles. The molecule has 3 rings (SSSR count). The Morgan fingerprint density at radius 1 is 0.958 bits per heavy atom. The predicted molar refractivity (Wildman–Crippen MR) is 173 cm³/mol. The largest absolute Gasteiger partial charge is 0.494 e. The van der Waals surface area contributed by atoms with Crippen LogP contribution >= 0.6 is 0 Å². The van der Waals surface area contributed by atoms with Crippen molar-refractivity contribution in [2.45, 2.75) is 26.4 Å². The summed E-state index contributed by atoms with van der Waals surface area (Å²) < 4.78 is 20.9. The van der Waals surface area contributed by atoms with E-state index in [1.165, 1.54) is 24.1 Å². The van der Waals surface area contributed by atoms with Crippen molar-refractivity contribution in [2.75, 3.05) is 57.6 Å². The second-order valence-corrected chi connectivity index (χ2v) is 11.2. The lowest BCUT2D eigenvalue weighted by Gasteiger charge is -2.37. The molecule has 0 bridgehead atoms. The normalized spacial score (nSPS) is 12.6. The third kappa shape index (κ3) is 9.72. The fraction of sp³-hybridized carbons (Fsp3) is 0.387. The van der Waals surface area contributed by atoms with Crippen LogP contribution in [0.3, 0.4) is 0 Å². The summed E-state index contributed by atoms with van der Waals surface area (Å²) in [7, 11) is 2.44. The second-order valence-electron chi connectivity index (χ2n) is 11.2. The Balaban J connectivity index is 1.68. The second kappa shape index (κ2) is 16.0. The zero-order valence-corrected chi connectivity index (χ0v) is 27.0. The van der Waals surface area contributed by atoms with E-state index in [1.54, 1.807) is 32.9 Å². The van der Waals surface area contributed by atoms with Crippen LogP contribution in [0.5, 0.6) is 11.5 Å². The van der Waals surface area contributed by atoms with Crippen molar-refractivity contribution in [3.8, 4) is 23.3 Å². The summed E-state index contributed by atoms with van der Waals surface area (Å²) in [5.74, 6) is 4.05. The molecule has 17 heteroatoms. The number of hydrogen-bond acceptors (Lipinski definition) is 13. The first kappa shape index (κ1) is 36.4. The van der Waals surface area contributed by atoms with Gasteiger partial charge in [-0.1, -0.05) is 24.0 Å². The van der Waals surface area contributed by atoms with Crippen molar-refractivity contribution in [3.63, 3.8) is 0 Å². The number of primary amides is 1. The number of esters is 1. The number of nitrogens with zero attached hydrogens (tertiary/aromatic N) is 3. The SMILES string of the molecule is COC(=O)c1cc(OC)c(NC/C=C/CNc2c(OCC#CC3CN(C(=O)OC(C)(C)C)C3)cc(C(N)=O)cc2[N+](=O)[O-])c([N+](=O)[O-])c1. The fourth-order valence-corrected chi connectivity index (χ4v) is 4.33. The molecule has 0 radical (unpaired) electrons. The molecule has 17 nitrogen and oxygen atoms in total. The Kier molecular flexibility index (Phi) is 12.1. The molecule has 2 aromatic carbocycles. The highest BCUT2D eigenvalue weighted by Crippen LogP contribution is 2.37. The number of nitrogens with two attached hydrogens (primary N) is 1. The molecule has 1 aliphatic heterocycles. The fourth-order valence-electron chi connectivity index (χ4n) is 4.33. The van der Waals surface area contributed by atoms with Crippen LogP contribution in [0.25, 0.3) is 0 Å². The molecule has 1 heterocycles. The van der Waals surface area contributed by atoms with Crippen molar-refractivity contribution >= 4 is 40.7 Å².